The van der Waals surface area contributed by atoms with Crippen LogP contribution in [0.5, 0.6) is 17.2 Å². The molecule has 0 aromatic heterocycles. The molecule has 1 atom stereocenters. The van der Waals surface area contributed by atoms with E-state index < -0.39 is 0 Å². The lowest BCUT2D eigenvalue weighted by Gasteiger charge is -2.19. The number of ketones is 1. The second kappa shape index (κ2) is 9.45. The summed E-state index contributed by atoms with van der Waals surface area (Å²) in [4.78, 5) is 14.9. The van der Waals surface area contributed by atoms with Crippen LogP contribution in [-0.2, 0) is 4.74 Å². The van der Waals surface area contributed by atoms with Gasteiger partial charge in [-0.15, -0.1) is 0 Å². The number of rotatable bonds is 8. The first-order valence-corrected chi connectivity index (χ1v) is 10.2. The number of hydrogen-bond donors (Lipinski definition) is 0. The van der Waals surface area contributed by atoms with Crippen molar-refractivity contribution in [2.24, 2.45) is 0 Å². The normalized spacial score (nSPS) is 18.4. The SMILES string of the molecule is COCOc1cc(F)ccc1C1CCN(CCC(=O)c2ccc3c(c2)OCCO3)C1. The number of carbonyl (C=O) groups is 1. The molecule has 4 rings (SSSR count). The summed E-state index contributed by atoms with van der Waals surface area (Å²) in [7, 11) is 1.54. The van der Waals surface area contributed by atoms with Crippen molar-refractivity contribution >= 4 is 5.78 Å². The zero-order chi connectivity index (χ0) is 20.9. The Morgan fingerprint density at radius 1 is 1.17 bits per heavy atom. The van der Waals surface area contributed by atoms with Crippen LogP contribution in [0.2, 0.25) is 0 Å². The predicted octanol–water partition coefficient (Wildman–Crippen LogP) is 3.64. The second-order valence-electron chi connectivity index (χ2n) is 7.55. The Kier molecular flexibility index (Phi) is 6.50. The quantitative estimate of drug-likeness (QED) is 0.485. The zero-order valence-electron chi connectivity index (χ0n) is 17.1. The third-order valence-electron chi connectivity index (χ3n) is 5.54. The number of benzene rings is 2. The molecule has 0 N–H and O–H groups in total. The molecular weight excluding hydrogens is 389 g/mol. The molecule has 0 spiro atoms. The van der Waals surface area contributed by atoms with Crippen molar-refractivity contribution in [2.75, 3.05) is 46.8 Å². The van der Waals surface area contributed by atoms with E-state index >= 15 is 0 Å². The number of halogens is 1. The topological polar surface area (TPSA) is 57.2 Å². The number of methoxy groups -OCH3 is 1. The summed E-state index contributed by atoms with van der Waals surface area (Å²) < 4.78 is 35.2. The van der Waals surface area contributed by atoms with E-state index in [0.717, 1.165) is 25.1 Å². The lowest BCUT2D eigenvalue weighted by atomic mass is 9.97. The first-order valence-electron chi connectivity index (χ1n) is 10.2. The van der Waals surface area contributed by atoms with Gasteiger partial charge in [0.15, 0.2) is 24.1 Å². The van der Waals surface area contributed by atoms with Crippen LogP contribution in [0.1, 0.15) is 34.7 Å². The first-order chi connectivity index (χ1) is 14.6. The molecule has 2 aromatic carbocycles. The molecule has 6 nitrogen and oxygen atoms in total. The number of fused-ring (bicyclic) bond motifs is 1. The van der Waals surface area contributed by atoms with E-state index in [9.17, 15) is 9.18 Å². The molecule has 2 aliphatic heterocycles. The van der Waals surface area contributed by atoms with Gasteiger partial charge in [-0.2, -0.15) is 0 Å². The molecule has 1 fully saturated rings. The zero-order valence-corrected chi connectivity index (χ0v) is 17.1. The summed E-state index contributed by atoms with van der Waals surface area (Å²) in [6.07, 6.45) is 1.37. The standard InChI is InChI=1S/C23H26FNO5/c1-27-15-30-22-13-18(24)3-4-19(22)17-6-8-25(14-17)9-7-20(26)16-2-5-21-23(12-16)29-11-10-28-21/h2-5,12-13,17H,6-11,14-15H2,1H3. The van der Waals surface area contributed by atoms with Crippen LogP contribution in [0.4, 0.5) is 4.39 Å². The summed E-state index contributed by atoms with van der Waals surface area (Å²) in [5, 5.41) is 0. The highest BCUT2D eigenvalue weighted by atomic mass is 19.1. The molecule has 1 unspecified atom stereocenters. The third kappa shape index (κ3) is 4.74. The summed E-state index contributed by atoms with van der Waals surface area (Å²) in [6, 6.07) is 10.0. The van der Waals surface area contributed by atoms with Gasteiger partial charge in [-0.3, -0.25) is 4.79 Å². The average Bonchev–Trinajstić information content (AvgIpc) is 3.24. The minimum atomic E-state index is -0.329. The fourth-order valence-electron chi connectivity index (χ4n) is 4.00. The van der Waals surface area contributed by atoms with Crippen LogP contribution in [0, 0.1) is 5.82 Å². The van der Waals surface area contributed by atoms with Crippen molar-refractivity contribution in [2.45, 2.75) is 18.8 Å². The summed E-state index contributed by atoms with van der Waals surface area (Å²) in [5.41, 5.74) is 1.62. The molecule has 0 saturated carbocycles. The molecule has 7 heteroatoms. The van der Waals surface area contributed by atoms with Crippen molar-refractivity contribution in [1.82, 2.24) is 4.90 Å². The number of likely N-dealkylation sites (tertiary alicyclic amines) is 1. The third-order valence-corrected chi connectivity index (χ3v) is 5.54. The maximum Gasteiger partial charge on any atom is 0.188 e. The molecule has 0 aliphatic carbocycles. The molecular formula is C23H26FNO5. The molecule has 160 valence electrons. The molecule has 1 saturated heterocycles. The van der Waals surface area contributed by atoms with Crippen LogP contribution in [-0.4, -0.2) is 57.4 Å². The molecule has 0 radical (unpaired) electrons. The van der Waals surface area contributed by atoms with Crippen LogP contribution < -0.4 is 14.2 Å². The van der Waals surface area contributed by atoms with Gasteiger partial charge in [-0.1, -0.05) is 6.07 Å². The molecule has 2 aromatic rings. The number of Topliss-reactive ketones (excluding diaryl/α,β-unsaturated/α-hetero) is 1. The van der Waals surface area contributed by atoms with Gasteiger partial charge in [0.1, 0.15) is 24.8 Å². The largest absolute Gasteiger partial charge is 0.486 e. The van der Waals surface area contributed by atoms with Crippen LogP contribution >= 0.6 is 0 Å². The number of ether oxygens (including phenoxy) is 4. The van der Waals surface area contributed by atoms with E-state index in [4.69, 9.17) is 18.9 Å². The summed E-state index contributed by atoms with van der Waals surface area (Å²) >= 11 is 0. The lowest BCUT2D eigenvalue weighted by Crippen LogP contribution is -2.24. The summed E-state index contributed by atoms with van der Waals surface area (Å²) in [6.45, 7) is 3.49. The Morgan fingerprint density at radius 2 is 2.00 bits per heavy atom. The van der Waals surface area contributed by atoms with E-state index in [-0.39, 0.29) is 24.3 Å². The molecule has 0 amide bonds. The van der Waals surface area contributed by atoms with Crippen LogP contribution in [0.25, 0.3) is 0 Å². The Balaban J connectivity index is 1.34. The van der Waals surface area contributed by atoms with Crippen LogP contribution in [0.15, 0.2) is 36.4 Å². The lowest BCUT2D eigenvalue weighted by molar-refractivity contribution is 0.0499. The second-order valence-corrected chi connectivity index (χ2v) is 7.55. The highest BCUT2D eigenvalue weighted by Crippen LogP contribution is 2.35. The maximum atomic E-state index is 13.6. The highest BCUT2D eigenvalue weighted by Gasteiger charge is 2.27. The van der Waals surface area contributed by atoms with Crippen molar-refractivity contribution in [3.63, 3.8) is 0 Å². The average molecular weight is 415 g/mol. The molecule has 2 heterocycles. The van der Waals surface area contributed by atoms with Crippen molar-refractivity contribution in [1.29, 1.82) is 0 Å². The monoisotopic (exact) mass is 415 g/mol. The Morgan fingerprint density at radius 3 is 2.83 bits per heavy atom. The van der Waals surface area contributed by atoms with E-state index in [1.165, 1.54) is 19.2 Å². The Hall–Kier alpha value is -2.64. The van der Waals surface area contributed by atoms with Gasteiger partial charge < -0.3 is 23.8 Å². The Bertz CT molecular complexity index is 903. The van der Waals surface area contributed by atoms with Crippen LogP contribution in [0.3, 0.4) is 0 Å². The number of nitrogens with zero attached hydrogens (tertiary/aromatic N) is 1. The first kappa shape index (κ1) is 20.6. The minimum absolute atomic E-state index is 0.0803. The van der Waals surface area contributed by atoms with Gasteiger partial charge in [0.25, 0.3) is 0 Å². The predicted molar refractivity (Wildman–Crippen MR) is 109 cm³/mol. The van der Waals surface area contributed by atoms with Gasteiger partial charge in [-0.25, -0.2) is 4.39 Å². The van der Waals surface area contributed by atoms with E-state index in [0.29, 0.717) is 49.0 Å². The van der Waals surface area contributed by atoms with Gasteiger partial charge in [0, 0.05) is 44.2 Å². The number of carbonyl (C=O) groups excluding carboxylic acids is 1. The van der Waals surface area contributed by atoms with Crippen molar-refractivity contribution in [3.05, 3.63) is 53.3 Å². The van der Waals surface area contributed by atoms with E-state index in [1.807, 2.05) is 0 Å². The summed E-state index contributed by atoms with van der Waals surface area (Å²) in [5.74, 6) is 1.84. The fraction of sp³-hybridized carbons (Fsp3) is 0.435. The fourth-order valence-corrected chi connectivity index (χ4v) is 4.00. The van der Waals surface area contributed by atoms with Crippen molar-refractivity contribution < 1.29 is 28.1 Å². The number of hydrogen-bond acceptors (Lipinski definition) is 6. The molecule has 0 bridgehead atoms. The Labute approximate surface area is 175 Å². The minimum Gasteiger partial charge on any atom is -0.486 e. The van der Waals surface area contributed by atoms with Gasteiger partial charge in [0.2, 0.25) is 0 Å². The highest BCUT2D eigenvalue weighted by molar-refractivity contribution is 5.96. The van der Waals surface area contributed by atoms with Crippen molar-refractivity contribution in [3.8, 4) is 17.2 Å². The molecule has 30 heavy (non-hydrogen) atoms. The van der Waals surface area contributed by atoms with E-state index in [2.05, 4.69) is 4.90 Å². The maximum absolute atomic E-state index is 13.6. The van der Waals surface area contributed by atoms with Gasteiger partial charge >= 0.3 is 0 Å². The van der Waals surface area contributed by atoms with Gasteiger partial charge in [-0.05, 0) is 42.8 Å². The van der Waals surface area contributed by atoms with Gasteiger partial charge in [0.05, 0.1) is 0 Å². The molecule has 2 aliphatic rings. The smallest absolute Gasteiger partial charge is 0.188 e. The van der Waals surface area contributed by atoms with E-state index in [1.54, 1.807) is 24.3 Å².